The molecule has 1 rings (SSSR count). The molecule has 0 unspecified atom stereocenters. The largest absolute Gasteiger partial charge is 0.479 e. The molecule has 0 aliphatic carbocycles. The molecule has 6 heteroatoms. The Morgan fingerprint density at radius 3 is 2.75 bits per heavy atom. The first-order valence-corrected chi connectivity index (χ1v) is 4.75. The summed E-state index contributed by atoms with van der Waals surface area (Å²) in [6.07, 6.45) is -0.165. The molecule has 1 aromatic heterocycles. The van der Waals surface area contributed by atoms with Gasteiger partial charge in [-0.3, -0.25) is 4.79 Å². The molecule has 0 saturated heterocycles. The highest BCUT2D eigenvalue weighted by Gasteiger charge is 2.13. The molecule has 0 aliphatic heterocycles. The minimum atomic E-state index is -1.45. The van der Waals surface area contributed by atoms with Crippen LogP contribution in [0.5, 0.6) is 0 Å². The molecule has 1 amide bonds. The molecule has 3 N–H and O–H groups in total. The van der Waals surface area contributed by atoms with Gasteiger partial charge >= 0.3 is 5.97 Å². The van der Waals surface area contributed by atoms with Gasteiger partial charge in [0.25, 0.3) is 5.91 Å². The van der Waals surface area contributed by atoms with Crippen LogP contribution in [-0.4, -0.2) is 34.7 Å². The van der Waals surface area contributed by atoms with Crippen LogP contribution in [-0.2, 0) is 4.79 Å². The lowest BCUT2D eigenvalue weighted by atomic mass is 10.2. The van der Waals surface area contributed by atoms with Gasteiger partial charge in [-0.1, -0.05) is 0 Å². The van der Waals surface area contributed by atoms with Gasteiger partial charge in [0.05, 0.1) is 5.56 Å². The maximum atomic E-state index is 11.4. The first kappa shape index (κ1) is 12.3. The topological polar surface area (TPSA) is 99.8 Å². The molecule has 0 saturated carbocycles. The van der Waals surface area contributed by atoms with E-state index in [0.29, 0.717) is 11.3 Å². The van der Waals surface area contributed by atoms with Gasteiger partial charge in [0, 0.05) is 13.0 Å². The van der Waals surface area contributed by atoms with E-state index in [4.69, 9.17) is 14.6 Å². The van der Waals surface area contributed by atoms with Gasteiger partial charge in [-0.2, -0.15) is 0 Å². The number of carbonyl (C=O) groups is 2. The van der Waals surface area contributed by atoms with Gasteiger partial charge in [0.15, 0.2) is 6.10 Å². The fourth-order valence-corrected chi connectivity index (χ4v) is 1.11. The van der Waals surface area contributed by atoms with Gasteiger partial charge in [0.2, 0.25) is 0 Å². The van der Waals surface area contributed by atoms with Gasteiger partial charge < -0.3 is 19.9 Å². The van der Waals surface area contributed by atoms with E-state index in [1.807, 2.05) is 0 Å². The third-order valence-electron chi connectivity index (χ3n) is 1.98. The SMILES string of the molecule is Cc1cc(C(=O)NCC[C@H](O)C(=O)O)co1. The number of aliphatic hydroxyl groups excluding tert-OH is 1. The lowest BCUT2D eigenvalue weighted by molar-refractivity contribution is -0.146. The summed E-state index contributed by atoms with van der Waals surface area (Å²) < 4.78 is 4.95. The predicted octanol–water partition coefficient (Wildman–Crippen LogP) is 0.153. The third kappa shape index (κ3) is 3.39. The van der Waals surface area contributed by atoms with Crippen molar-refractivity contribution in [3.8, 4) is 0 Å². The fraction of sp³-hybridized carbons (Fsp3) is 0.400. The maximum Gasteiger partial charge on any atom is 0.332 e. The summed E-state index contributed by atoms with van der Waals surface area (Å²) in [6.45, 7) is 1.81. The zero-order chi connectivity index (χ0) is 12.1. The molecule has 16 heavy (non-hydrogen) atoms. The summed E-state index contributed by atoms with van der Waals surface area (Å²) in [7, 11) is 0. The molecule has 0 fully saturated rings. The molecule has 0 aromatic carbocycles. The van der Waals surface area contributed by atoms with E-state index in [1.54, 1.807) is 13.0 Å². The number of amides is 1. The van der Waals surface area contributed by atoms with Crippen molar-refractivity contribution in [3.63, 3.8) is 0 Å². The zero-order valence-electron chi connectivity index (χ0n) is 8.77. The van der Waals surface area contributed by atoms with Crippen LogP contribution in [0.25, 0.3) is 0 Å². The smallest absolute Gasteiger partial charge is 0.332 e. The maximum absolute atomic E-state index is 11.4. The van der Waals surface area contributed by atoms with E-state index in [9.17, 15) is 9.59 Å². The number of hydrogen-bond donors (Lipinski definition) is 3. The Kier molecular flexibility index (Phi) is 4.07. The molecule has 88 valence electrons. The lowest BCUT2D eigenvalue weighted by Gasteiger charge is -2.05. The van der Waals surface area contributed by atoms with Crippen molar-refractivity contribution in [3.05, 3.63) is 23.7 Å². The zero-order valence-corrected chi connectivity index (χ0v) is 8.77. The molecule has 1 atom stereocenters. The fourth-order valence-electron chi connectivity index (χ4n) is 1.11. The Morgan fingerprint density at radius 2 is 2.25 bits per heavy atom. The van der Waals surface area contributed by atoms with Gasteiger partial charge in [-0.15, -0.1) is 0 Å². The van der Waals surface area contributed by atoms with Crippen LogP contribution in [0.15, 0.2) is 16.7 Å². The summed E-state index contributed by atoms with van der Waals surface area (Å²) >= 11 is 0. The van der Waals surface area contributed by atoms with Gasteiger partial charge in [-0.25, -0.2) is 4.79 Å². The average molecular weight is 227 g/mol. The molecule has 1 heterocycles. The Hall–Kier alpha value is -1.82. The summed E-state index contributed by atoms with van der Waals surface area (Å²) in [5.41, 5.74) is 0.377. The predicted molar refractivity (Wildman–Crippen MR) is 54.0 cm³/mol. The van der Waals surface area contributed by atoms with Crippen LogP contribution in [0.4, 0.5) is 0 Å². The molecule has 0 radical (unpaired) electrons. The minimum Gasteiger partial charge on any atom is -0.479 e. The standard InChI is InChI=1S/C10H13NO5/c1-6-4-7(5-16-6)9(13)11-3-2-8(12)10(14)15/h4-5,8,12H,2-3H2,1H3,(H,11,13)(H,14,15)/t8-/m0/s1. The van der Waals surface area contributed by atoms with Crippen molar-refractivity contribution in [2.45, 2.75) is 19.4 Å². The summed E-state index contributed by atoms with van der Waals surface area (Å²) in [4.78, 5) is 21.7. The summed E-state index contributed by atoms with van der Waals surface area (Å²) in [5, 5.41) is 19.8. The van der Waals surface area contributed by atoms with E-state index in [1.165, 1.54) is 6.26 Å². The van der Waals surface area contributed by atoms with Crippen molar-refractivity contribution in [2.75, 3.05) is 6.54 Å². The second kappa shape index (κ2) is 5.32. The van der Waals surface area contributed by atoms with Crippen molar-refractivity contribution in [2.24, 2.45) is 0 Å². The lowest BCUT2D eigenvalue weighted by Crippen LogP contribution is -2.29. The van der Waals surface area contributed by atoms with Crippen LogP contribution in [0, 0.1) is 6.92 Å². The first-order chi connectivity index (χ1) is 7.50. The number of nitrogens with one attached hydrogen (secondary N) is 1. The molecular formula is C10H13NO5. The van der Waals surface area contributed by atoms with Crippen LogP contribution < -0.4 is 5.32 Å². The monoisotopic (exact) mass is 227 g/mol. The number of aliphatic carboxylic acids is 1. The van der Waals surface area contributed by atoms with Crippen molar-refractivity contribution in [1.82, 2.24) is 5.32 Å². The normalized spacial score (nSPS) is 12.1. The van der Waals surface area contributed by atoms with Crippen molar-refractivity contribution < 1.29 is 24.2 Å². The Morgan fingerprint density at radius 1 is 1.56 bits per heavy atom. The van der Waals surface area contributed by atoms with E-state index in [-0.39, 0.29) is 18.9 Å². The average Bonchev–Trinajstić information content (AvgIpc) is 2.64. The summed E-state index contributed by atoms with van der Waals surface area (Å²) in [6, 6.07) is 1.57. The number of carboxylic acid groups (broad SMARTS) is 1. The number of furan rings is 1. The number of hydrogen-bond acceptors (Lipinski definition) is 4. The highest BCUT2D eigenvalue weighted by Crippen LogP contribution is 2.05. The number of aryl methyl sites for hydroxylation is 1. The van der Waals surface area contributed by atoms with Crippen LogP contribution in [0.1, 0.15) is 22.5 Å². The van der Waals surface area contributed by atoms with E-state index in [0.717, 1.165) is 0 Å². The van der Waals surface area contributed by atoms with Gasteiger partial charge in [0.1, 0.15) is 12.0 Å². The van der Waals surface area contributed by atoms with Crippen LogP contribution >= 0.6 is 0 Å². The number of rotatable bonds is 5. The molecule has 6 nitrogen and oxygen atoms in total. The molecule has 0 aliphatic rings. The second-order valence-electron chi connectivity index (χ2n) is 3.34. The quantitative estimate of drug-likeness (QED) is 0.665. The molecule has 0 bridgehead atoms. The van der Waals surface area contributed by atoms with E-state index >= 15 is 0 Å². The third-order valence-corrected chi connectivity index (χ3v) is 1.98. The Balaban J connectivity index is 2.34. The van der Waals surface area contributed by atoms with Crippen molar-refractivity contribution >= 4 is 11.9 Å². The van der Waals surface area contributed by atoms with Crippen LogP contribution in [0.3, 0.4) is 0 Å². The highest BCUT2D eigenvalue weighted by molar-refractivity contribution is 5.93. The van der Waals surface area contributed by atoms with Gasteiger partial charge in [-0.05, 0) is 13.0 Å². The van der Waals surface area contributed by atoms with Crippen molar-refractivity contribution in [1.29, 1.82) is 0 Å². The molecular weight excluding hydrogens is 214 g/mol. The number of carbonyl (C=O) groups excluding carboxylic acids is 1. The molecule has 1 aromatic rings. The Labute approximate surface area is 91.9 Å². The number of aliphatic hydroxyl groups is 1. The molecule has 0 spiro atoms. The first-order valence-electron chi connectivity index (χ1n) is 4.75. The summed E-state index contributed by atoms with van der Waals surface area (Å²) in [5.74, 6) is -1.03. The van der Waals surface area contributed by atoms with Crippen LogP contribution in [0.2, 0.25) is 0 Å². The second-order valence-corrected chi connectivity index (χ2v) is 3.34. The Bertz CT molecular complexity index is 384. The minimum absolute atomic E-state index is 0.0299. The highest BCUT2D eigenvalue weighted by atomic mass is 16.4. The number of carboxylic acids is 1. The van der Waals surface area contributed by atoms with E-state index in [2.05, 4.69) is 5.32 Å². The van der Waals surface area contributed by atoms with E-state index < -0.39 is 12.1 Å².